The van der Waals surface area contributed by atoms with Gasteiger partial charge in [0.05, 0.1) is 29.6 Å². The van der Waals surface area contributed by atoms with Crippen LogP contribution in [0.25, 0.3) is 0 Å². The predicted molar refractivity (Wildman–Crippen MR) is 98.3 cm³/mol. The monoisotopic (exact) mass is 338 g/mol. The Morgan fingerprint density at radius 2 is 1.81 bits per heavy atom. The van der Waals surface area contributed by atoms with Gasteiger partial charge >= 0.3 is 0 Å². The Bertz CT molecular complexity index is 988. The molecule has 4 heteroatoms. The number of aryl methyl sites for hydroxylation is 1. The number of fused-ring (bicyclic) bond motifs is 1. The van der Waals surface area contributed by atoms with E-state index in [4.69, 9.17) is 5.26 Å². The molecule has 2 atom stereocenters. The van der Waals surface area contributed by atoms with Gasteiger partial charge in [0.2, 0.25) is 0 Å². The largest absolute Gasteiger partial charge is 0.337 e. The van der Waals surface area contributed by atoms with E-state index < -0.39 is 0 Å². The fourth-order valence-electron chi connectivity index (χ4n) is 4.03. The molecule has 4 nitrogen and oxygen atoms in total. The summed E-state index contributed by atoms with van der Waals surface area (Å²) in [5.41, 5.74) is 5.28. The van der Waals surface area contributed by atoms with Gasteiger partial charge in [-0.2, -0.15) is 10.5 Å². The molecule has 3 aromatic rings. The van der Waals surface area contributed by atoms with Crippen molar-refractivity contribution in [3.63, 3.8) is 0 Å². The summed E-state index contributed by atoms with van der Waals surface area (Å²) in [6, 6.07) is 18.5. The van der Waals surface area contributed by atoms with Crippen molar-refractivity contribution in [2.45, 2.75) is 31.2 Å². The molecule has 1 aliphatic rings. The van der Waals surface area contributed by atoms with Gasteiger partial charge < -0.3 is 4.57 Å². The molecule has 126 valence electrons. The maximum atomic E-state index is 9.20. The minimum atomic E-state index is 0.314. The van der Waals surface area contributed by atoms with Gasteiger partial charge in [-0.1, -0.05) is 18.2 Å². The number of nitrogens with zero attached hydrogens (tertiary/aromatic N) is 4. The standard InChI is InChI=1S/C22H18N4/c23-12-16-1-4-18(5-2-16)20-8-6-19-11-17(13-24)3-7-21(19)22(20)14-26-10-9-25-15-26/h1-5,7,9-11,15,20,22H,6,8,14H2/t20-,22-/m1/s1. The van der Waals surface area contributed by atoms with E-state index in [2.05, 4.69) is 39.9 Å². The van der Waals surface area contributed by atoms with E-state index in [1.165, 1.54) is 16.7 Å². The minimum Gasteiger partial charge on any atom is -0.337 e. The predicted octanol–water partition coefficient (Wildman–Crippen LogP) is 4.14. The Hall–Kier alpha value is -3.37. The van der Waals surface area contributed by atoms with Crippen molar-refractivity contribution < 1.29 is 0 Å². The van der Waals surface area contributed by atoms with Crippen LogP contribution in [0, 0.1) is 22.7 Å². The summed E-state index contributed by atoms with van der Waals surface area (Å²) in [5.74, 6) is 0.694. The summed E-state index contributed by atoms with van der Waals surface area (Å²) in [4.78, 5) is 4.18. The maximum Gasteiger partial charge on any atom is 0.0991 e. The molecule has 1 aliphatic carbocycles. The molecule has 0 spiro atoms. The highest BCUT2D eigenvalue weighted by atomic mass is 15.0. The van der Waals surface area contributed by atoms with E-state index in [9.17, 15) is 5.26 Å². The van der Waals surface area contributed by atoms with Crippen LogP contribution in [0.1, 0.15) is 46.1 Å². The van der Waals surface area contributed by atoms with Gasteiger partial charge in [-0.15, -0.1) is 0 Å². The maximum absolute atomic E-state index is 9.20. The fraction of sp³-hybridized carbons (Fsp3) is 0.227. The first-order chi connectivity index (χ1) is 12.8. The van der Waals surface area contributed by atoms with Crippen molar-refractivity contribution in [1.29, 1.82) is 10.5 Å². The van der Waals surface area contributed by atoms with Crippen molar-refractivity contribution in [2.75, 3.05) is 0 Å². The van der Waals surface area contributed by atoms with Crippen LogP contribution in [0.15, 0.2) is 61.2 Å². The van der Waals surface area contributed by atoms with Crippen molar-refractivity contribution in [1.82, 2.24) is 9.55 Å². The van der Waals surface area contributed by atoms with Gasteiger partial charge in [-0.05, 0) is 59.7 Å². The van der Waals surface area contributed by atoms with Crippen LogP contribution in [-0.4, -0.2) is 9.55 Å². The first-order valence-electron chi connectivity index (χ1n) is 8.77. The number of rotatable bonds is 3. The van der Waals surface area contributed by atoms with Crippen LogP contribution in [0.5, 0.6) is 0 Å². The zero-order chi connectivity index (χ0) is 17.9. The van der Waals surface area contributed by atoms with Gasteiger partial charge in [0.25, 0.3) is 0 Å². The summed E-state index contributed by atoms with van der Waals surface area (Å²) in [6.07, 6.45) is 7.66. The third-order valence-corrected chi connectivity index (χ3v) is 5.32. The number of nitriles is 2. The number of imidazole rings is 1. The van der Waals surface area contributed by atoms with Crippen LogP contribution in [0.3, 0.4) is 0 Å². The van der Waals surface area contributed by atoms with Gasteiger partial charge in [0.15, 0.2) is 0 Å². The minimum absolute atomic E-state index is 0.314. The summed E-state index contributed by atoms with van der Waals surface area (Å²) in [7, 11) is 0. The van der Waals surface area contributed by atoms with E-state index in [1.54, 1.807) is 6.20 Å². The molecule has 1 heterocycles. The molecule has 0 N–H and O–H groups in total. The van der Waals surface area contributed by atoms with E-state index in [1.807, 2.05) is 36.8 Å². The summed E-state index contributed by atoms with van der Waals surface area (Å²) < 4.78 is 2.12. The van der Waals surface area contributed by atoms with E-state index in [-0.39, 0.29) is 0 Å². The van der Waals surface area contributed by atoms with Crippen LogP contribution in [0.4, 0.5) is 0 Å². The quantitative estimate of drug-likeness (QED) is 0.721. The number of hydrogen-bond donors (Lipinski definition) is 0. The highest BCUT2D eigenvalue weighted by molar-refractivity contribution is 5.44. The number of aromatic nitrogens is 2. The lowest BCUT2D eigenvalue weighted by Crippen LogP contribution is -2.23. The Labute approximate surface area is 153 Å². The third kappa shape index (κ3) is 2.98. The van der Waals surface area contributed by atoms with Crippen LogP contribution in [0.2, 0.25) is 0 Å². The van der Waals surface area contributed by atoms with Gasteiger partial charge in [-0.3, -0.25) is 0 Å². The molecular weight excluding hydrogens is 320 g/mol. The van der Waals surface area contributed by atoms with Gasteiger partial charge in [0, 0.05) is 24.9 Å². The third-order valence-electron chi connectivity index (χ3n) is 5.32. The molecule has 0 aliphatic heterocycles. The molecule has 0 amide bonds. The van der Waals surface area contributed by atoms with Crippen molar-refractivity contribution in [3.05, 3.63) is 89.0 Å². The molecule has 2 aromatic carbocycles. The normalized spacial score (nSPS) is 18.5. The van der Waals surface area contributed by atoms with Crippen LogP contribution < -0.4 is 0 Å². The molecule has 4 rings (SSSR count). The Balaban J connectivity index is 1.75. The van der Waals surface area contributed by atoms with Gasteiger partial charge in [-0.25, -0.2) is 4.98 Å². The fourth-order valence-corrected chi connectivity index (χ4v) is 4.03. The lowest BCUT2D eigenvalue weighted by molar-refractivity contribution is 0.422. The Morgan fingerprint density at radius 1 is 1.04 bits per heavy atom. The van der Waals surface area contributed by atoms with Crippen molar-refractivity contribution >= 4 is 0 Å². The first-order valence-corrected chi connectivity index (χ1v) is 8.77. The molecule has 26 heavy (non-hydrogen) atoms. The van der Waals surface area contributed by atoms with Crippen LogP contribution >= 0.6 is 0 Å². The zero-order valence-corrected chi connectivity index (χ0v) is 14.3. The highest BCUT2D eigenvalue weighted by Gasteiger charge is 2.31. The lowest BCUT2D eigenvalue weighted by atomic mass is 9.71. The summed E-state index contributed by atoms with van der Waals surface area (Å²) in [6.45, 7) is 0.851. The molecule has 0 bridgehead atoms. The smallest absolute Gasteiger partial charge is 0.0991 e. The van der Waals surface area contributed by atoms with E-state index in [0.29, 0.717) is 17.4 Å². The van der Waals surface area contributed by atoms with Crippen molar-refractivity contribution in [2.24, 2.45) is 0 Å². The number of benzene rings is 2. The van der Waals surface area contributed by atoms with Crippen molar-refractivity contribution in [3.8, 4) is 12.1 Å². The SMILES string of the molecule is N#Cc1ccc([C@H]2CCc3cc(C#N)ccc3[C@@H]2Cn2ccnc2)cc1. The second-order valence-corrected chi connectivity index (χ2v) is 6.77. The molecule has 0 fully saturated rings. The van der Waals surface area contributed by atoms with Gasteiger partial charge in [0.1, 0.15) is 0 Å². The highest BCUT2D eigenvalue weighted by Crippen LogP contribution is 2.43. The van der Waals surface area contributed by atoms with E-state index >= 15 is 0 Å². The topological polar surface area (TPSA) is 65.4 Å². The summed E-state index contributed by atoms with van der Waals surface area (Å²) >= 11 is 0. The second kappa shape index (κ2) is 6.86. The average Bonchev–Trinajstić information content (AvgIpc) is 3.21. The lowest BCUT2D eigenvalue weighted by Gasteiger charge is -2.34. The Kier molecular flexibility index (Phi) is 4.25. The van der Waals surface area contributed by atoms with Crippen LogP contribution in [-0.2, 0) is 13.0 Å². The van der Waals surface area contributed by atoms with E-state index in [0.717, 1.165) is 24.9 Å². The first kappa shape index (κ1) is 16.1. The summed E-state index contributed by atoms with van der Waals surface area (Å²) in [5, 5.41) is 18.3. The average molecular weight is 338 g/mol. The Morgan fingerprint density at radius 3 is 2.50 bits per heavy atom. The zero-order valence-electron chi connectivity index (χ0n) is 14.3. The molecule has 1 aromatic heterocycles. The molecule has 0 saturated carbocycles. The molecular formula is C22H18N4. The number of hydrogen-bond acceptors (Lipinski definition) is 3. The molecule has 0 saturated heterocycles. The molecule has 0 unspecified atom stereocenters. The molecule has 0 radical (unpaired) electrons. The second-order valence-electron chi connectivity index (χ2n) is 6.77.